The lowest BCUT2D eigenvalue weighted by Crippen LogP contribution is -2.33. The fourth-order valence-corrected chi connectivity index (χ4v) is 1.81. The van der Waals surface area contributed by atoms with E-state index in [0.717, 1.165) is 13.0 Å². The third-order valence-corrected chi connectivity index (χ3v) is 2.84. The largest absolute Gasteiger partial charge is 0.507 e. The van der Waals surface area contributed by atoms with E-state index in [1.54, 1.807) is 29.2 Å². The minimum Gasteiger partial charge on any atom is -0.507 e. The highest BCUT2D eigenvalue weighted by atomic mass is 16.3. The van der Waals surface area contributed by atoms with E-state index in [4.69, 9.17) is 0 Å². The van der Waals surface area contributed by atoms with Gasteiger partial charge >= 0.3 is 0 Å². The number of carbonyl (C=O) groups excluding carboxylic acids is 1. The van der Waals surface area contributed by atoms with Gasteiger partial charge in [-0.2, -0.15) is 0 Å². The van der Waals surface area contributed by atoms with Crippen LogP contribution in [0.2, 0.25) is 0 Å². The Balaban J connectivity index is 2.65. The van der Waals surface area contributed by atoms with Gasteiger partial charge in [-0.25, -0.2) is 0 Å². The fourth-order valence-electron chi connectivity index (χ4n) is 1.81. The van der Waals surface area contributed by atoms with Gasteiger partial charge in [-0.3, -0.25) is 4.79 Å². The number of para-hydroxylation sites is 1. The molecular formula is C14H22N2O2. The molecule has 4 heteroatoms. The summed E-state index contributed by atoms with van der Waals surface area (Å²) in [4.78, 5) is 16.1. The first-order chi connectivity index (χ1) is 8.56. The SMILES string of the molecule is CCN(CCCN(C)C)C(=O)c1ccccc1O. The molecule has 0 atom stereocenters. The van der Waals surface area contributed by atoms with Crippen molar-refractivity contribution in [3.05, 3.63) is 29.8 Å². The topological polar surface area (TPSA) is 43.8 Å². The second-order valence-electron chi connectivity index (χ2n) is 4.56. The predicted molar refractivity (Wildman–Crippen MR) is 72.9 cm³/mol. The molecule has 0 radical (unpaired) electrons. The lowest BCUT2D eigenvalue weighted by molar-refractivity contribution is 0.0756. The molecule has 1 rings (SSSR count). The van der Waals surface area contributed by atoms with Crippen LogP contribution in [-0.4, -0.2) is 54.5 Å². The van der Waals surface area contributed by atoms with E-state index in [0.29, 0.717) is 18.7 Å². The molecule has 0 spiro atoms. The van der Waals surface area contributed by atoms with Crippen LogP contribution in [0.1, 0.15) is 23.7 Å². The highest BCUT2D eigenvalue weighted by Crippen LogP contribution is 2.17. The Morgan fingerprint density at radius 3 is 2.44 bits per heavy atom. The molecule has 0 aliphatic carbocycles. The third kappa shape index (κ3) is 4.04. The van der Waals surface area contributed by atoms with E-state index >= 15 is 0 Å². The molecule has 1 N–H and O–H groups in total. The summed E-state index contributed by atoms with van der Waals surface area (Å²) in [5.41, 5.74) is 0.379. The van der Waals surface area contributed by atoms with Crippen LogP contribution >= 0.6 is 0 Å². The second kappa shape index (κ2) is 7.01. The van der Waals surface area contributed by atoms with E-state index in [2.05, 4.69) is 4.90 Å². The number of hydrogen-bond acceptors (Lipinski definition) is 3. The standard InChI is InChI=1S/C14H22N2O2/c1-4-16(11-7-10-15(2)3)14(18)12-8-5-6-9-13(12)17/h5-6,8-9,17H,4,7,10-11H2,1-3H3. The molecular weight excluding hydrogens is 228 g/mol. The van der Waals surface area contributed by atoms with Crippen molar-refractivity contribution in [3.8, 4) is 5.75 Å². The zero-order valence-electron chi connectivity index (χ0n) is 11.4. The third-order valence-electron chi connectivity index (χ3n) is 2.84. The predicted octanol–water partition coefficient (Wildman–Crippen LogP) is 1.81. The van der Waals surface area contributed by atoms with Crippen molar-refractivity contribution in [3.63, 3.8) is 0 Å². The summed E-state index contributed by atoms with van der Waals surface area (Å²) >= 11 is 0. The molecule has 0 bridgehead atoms. The minimum atomic E-state index is -0.102. The maximum Gasteiger partial charge on any atom is 0.257 e. The van der Waals surface area contributed by atoms with Gasteiger partial charge < -0.3 is 14.9 Å². The monoisotopic (exact) mass is 250 g/mol. The van der Waals surface area contributed by atoms with Gasteiger partial charge in [0.15, 0.2) is 0 Å². The van der Waals surface area contributed by atoms with Gasteiger partial charge in [0.1, 0.15) is 5.75 Å². The number of aromatic hydroxyl groups is 1. The lowest BCUT2D eigenvalue weighted by Gasteiger charge is -2.22. The van der Waals surface area contributed by atoms with E-state index in [1.807, 2.05) is 21.0 Å². The Hall–Kier alpha value is -1.55. The van der Waals surface area contributed by atoms with Crippen LogP contribution in [0.5, 0.6) is 5.75 Å². The quantitative estimate of drug-likeness (QED) is 0.837. The Bertz CT molecular complexity index is 391. The molecule has 18 heavy (non-hydrogen) atoms. The van der Waals surface area contributed by atoms with Crippen molar-refractivity contribution in [1.29, 1.82) is 0 Å². The first-order valence-electron chi connectivity index (χ1n) is 6.28. The van der Waals surface area contributed by atoms with Crippen molar-refractivity contribution in [2.24, 2.45) is 0 Å². The van der Waals surface area contributed by atoms with E-state index in [-0.39, 0.29) is 11.7 Å². The van der Waals surface area contributed by atoms with Gasteiger partial charge in [-0.1, -0.05) is 12.1 Å². The lowest BCUT2D eigenvalue weighted by atomic mass is 10.1. The molecule has 0 heterocycles. The second-order valence-corrected chi connectivity index (χ2v) is 4.56. The number of hydrogen-bond donors (Lipinski definition) is 1. The van der Waals surface area contributed by atoms with E-state index in [1.165, 1.54) is 0 Å². The summed E-state index contributed by atoms with van der Waals surface area (Å²) in [6.45, 7) is 4.26. The number of carbonyl (C=O) groups is 1. The summed E-state index contributed by atoms with van der Waals surface area (Å²) in [6.07, 6.45) is 0.931. The van der Waals surface area contributed by atoms with E-state index in [9.17, 15) is 9.90 Å². The Labute approximate surface area is 109 Å². The summed E-state index contributed by atoms with van der Waals surface area (Å²) in [5.74, 6) is -0.0529. The van der Waals surface area contributed by atoms with Crippen molar-refractivity contribution in [2.45, 2.75) is 13.3 Å². The van der Waals surface area contributed by atoms with Gasteiger partial charge in [0.2, 0.25) is 0 Å². The van der Waals surface area contributed by atoms with E-state index < -0.39 is 0 Å². The van der Waals surface area contributed by atoms with Crippen LogP contribution in [0, 0.1) is 0 Å². The van der Waals surface area contributed by atoms with Crippen LogP contribution in [-0.2, 0) is 0 Å². The molecule has 0 saturated heterocycles. The zero-order valence-corrected chi connectivity index (χ0v) is 11.4. The highest BCUT2D eigenvalue weighted by Gasteiger charge is 2.16. The van der Waals surface area contributed by atoms with Crippen LogP contribution in [0.25, 0.3) is 0 Å². The Morgan fingerprint density at radius 1 is 1.22 bits per heavy atom. The molecule has 0 fully saturated rings. The maximum atomic E-state index is 12.2. The molecule has 1 aromatic carbocycles. The average molecular weight is 250 g/mol. The smallest absolute Gasteiger partial charge is 0.257 e. The van der Waals surface area contributed by atoms with Gasteiger partial charge in [0.25, 0.3) is 5.91 Å². The molecule has 0 saturated carbocycles. The van der Waals surface area contributed by atoms with Gasteiger partial charge in [-0.05, 0) is 46.1 Å². The fraction of sp³-hybridized carbons (Fsp3) is 0.500. The Morgan fingerprint density at radius 2 is 1.89 bits per heavy atom. The number of rotatable bonds is 6. The zero-order chi connectivity index (χ0) is 13.5. The highest BCUT2D eigenvalue weighted by molar-refractivity contribution is 5.96. The van der Waals surface area contributed by atoms with Gasteiger partial charge in [0.05, 0.1) is 5.56 Å². The number of phenolic OH excluding ortho intramolecular Hbond substituents is 1. The summed E-state index contributed by atoms with van der Waals surface area (Å²) in [7, 11) is 4.03. The summed E-state index contributed by atoms with van der Waals surface area (Å²) in [6, 6.07) is 6.68. The summed E-state index contributed by atoms with van der Waals surface area (Å²) in [5, 5.41) is 9.68. The number of benzene rings is 1. The number of nitrogens with zero attached hydrogens (tertiary/aromatic N) is 2. The molecule has 1 aromatic rings. The average Bonchev–Trinajstić information content (AvgIpc) is 2.34. The van der Waals surface area contributed by atoms with Crippen LogP contribution in [0.4, 0.5) is 0 Å². The van der Waals surface area contributed by atoms with Crippen molar-refractivity contribution in [2.75, 3.05) is 33.7 Å². The first-order valence-corrected chi connectivity index (χ1v) is 6.28. The van der Waals surface area contributed by atoms with Crippen LogP contribution in [0.3, 0.4) is 0 Å². The minimum absolute atomic E-state index is 0.0496. The molecule has 0 aliphatic heterocycles. The van der Waals surface area contributed by atoms with Crippen LogP contribution < -0.4 is 0 Å². The molecule has 1 amide bonds. The maximum absolute atomic E-state index is 12.2. The molecule has 0 unspecified atom stereocenters. The first kappa shape index (κ1) is 14.5. The summed E-state index contributed by atoms with van der Waals surface area (Å²) < 4.78 is 0. The van der Waals surface area contributed by atoms with Crippen LogP contribution in [0.15, 0.2) is 24.3 Å². The normalized spacial score (nSPS) is 10.7. The molecule has 100 valence electrons. The van der Waals surface area contributed by atoms with Crippen molar-refractivity contribution < 1.29 is 9.90 Å². The van der Waals surface area contributed by atoms with Gasteiger partial charge in [-0.15, -0.1) is 0 Å². The molecule has 4 nitrogen and oxygen atoms in total. The number of phenols is 1. The number of amides is 1. The van der Waals surface area contributed by atoms with Gasteiger partial charge in [0, 0.05) is 13.1 Å². The van der Waals surface area contributed by atoms with Crippen molar-refractivity contribution >= 4 is 5.91 Å². The van der Waals surface area contributed by atoms with Crippen molar-refractivity contribution in [1.82, 2.24) is 9.80 Å². The Kier molecular flexibility index (Phi) is 5.65. The molecule has 0 aromatic heterocycles. The molecule has 0 aliphatic rings.